The predicted octanol–water partition coefficient (Wildman–Crippen LogP) is 4.74. The number of carbonyl (C=O) groups excluding carboxylic acids is 2. The fourth-order valence-corrected chi connectivity index (χ4v) is 4.77. The summed E-state index contributed by atoms with van der Waals surface area (Å²) in [6, 6.07) is 13.1. The summed E-state index contributed by atoms with van der Waals surface area (Å²) in [6.07, 6.45) is 6.33. The molecule has 1 saturated carbocycles. The van der Waals surface area contributed by atoms with Gasteiger partial charge in [-0.15, -0.1) is 0 Å². The predicted molar refractivity (Wildman–Crippen MR) is 123 cm³/mol. The van der Waals surface area contributed by atoms with Crippen molar-refractivity contribution < 1.29 is 9.59 Å². The van der Waals surface area contributed by atoms with Gasteiger partial charge in [0.25, 0.3) is 0 Å². The Bertz CT molecular complexity index is 952. The summed E-state index contributed by atoms with van der Waals surface area (Å²) in [7, 11) is 0. The van der Waals surface area contributed by atoms with Gasteiger partial charge in [0.15, 0.2) is 0 Å². The van der Waals surface area contributed by atoms with Crippen molar-refractivity contribution in [2.24, 2.45) is 5.73 Å². The molecule has 2 aromatic carbocycles. The molecule has 2 aromatic rings. The van der Waals surface area contributed by atoms with Crippen molar-refractivity contribution in [1.82, 2.24) is 5.32 Å². The number of anilines is 2. The molecule has 1 aliphatic carbocycles. The highest BCUT2D eigenvalue weighted by Crippen LogP contribution is 2.42. The summed E-state index contributed by atoms with van der Waals surface area (Å²) >= 11 is 3.53. The Hall–Kier alpha value is -2.54. The van der Waals surface area contributed by atoms with Crippen LogP contribution in [0.5, 0.6) is 0 Å². The first-order valence-corrected chi connectivity index (χ1v) is 11.3. The highest BCUT2D eigenvalue weighted by molar-refractivity contribution is 9.10. The average molecular weight is 471 g/mol. The lowest BCUT2D eigenvalue weighted by atomic mass is 9.72. The van der Waals surface area contributed by atoms with Gasteiger partial charge in [-0.25, -0.2) is 4.79 Å². The van der Waals surface area contributed by atoms with E-state index in [4.69, 9.17) is 5.73 Å². The number of halogens is 1. The van der Waals surface area contributed by atoms with E-state index in [9.17, 15) is 9.59 Å². The summed E-state index contributed by atoms with van der Waals surface area (Å²) in [5.41, 5.74) is 8.15. The van der Waals surface area contributed by atoms with Gasteiger partial charge in [-0.05, 0) is 74.4 Å². The normalized spacial score (nSPS) is 17.7. The van der Waals surface area contributed by atoms with E-state index in [0.717, 1.165) is 60.9 Å². The summed E-state index contributed by atoms with van der Waals surface area (Å²) < 4.78 is 0.995. The van der Waals surface area contributed by atoms with E-state index in [1.54, 1.807) is 12.1 Å². The van der Waals surface area contributed by atoms with Crippen LogP contribution in [0.1, 0.15) is 54.4 Å². The Labute approximate surface area is 185 Å². The van der Waals surface area contributed by atoms with Crippen LogP contribution in [0.2, 0.25) is 0 Å². The maximum atomic E-state index is 13.0. The van der Waals surface area contributed by atoms with Gasteiger partial charge in [0.1, 0.15) is 0 Å². The maximum absolute atomic E-state index is 13.0. The minimum Gasteiger partial charge on any atom is -0.370 e. The number of urea groups is 1. The number of amides is 3. The van der Waals surface area contributed by atoms with Crippen molar-refractivity contribution >= 4 is 39.2 Å². The van der Waals surface area contributed by atoms with E-state index in [1.807, 2.05) is 18.2 Å². The Morgan fingerprint density at radius 2 is 1.77 bits per heavy atom. The molecule has 3 amide bonds. The molecule has 1 saturated heterocycles. The zero-order chi connectivity index (χ0) is 21.1. The topological polar surface area (TPSA) is 87.5 Å². The van der Waals surface area contributed by atoms with Crippen LogP contribution in [0.25, 0.3) is 0 Å². The van der Waals surface area contributed by atoms with Gasteiger partial charge < -0.3 is 21.3 Å². The van der Waals surface area contributed by atoms with Crippen LogP contribution in [0.15, 0.2) is 46.9 Å². The van der Waals surface area contributed by atoms with Crippen LogP contribution in [0.4, 0.5) is 16.2 Å². The lowest BCUT2D eigenvalue weighted by molar-refractivity contribution is 0.1000. The molecule has 0 spiro atoms. The van der Waals surface area contributed by atoms with E-state index in [-0.39, 0.29) is 11.6 Å². The van der Waals surface area contributed by atoms with Crippen LogP contribution in [-0.4, -0.2) is 25.0 Å². The standard InChI is InChI=1S/C23H27BrN4O2/c24-18-7-4-6-17(15-18)23(10-5-11-23)27-22(30)26-19-14-16(21(25)29)8-9-20(19)28-12-2-1-3-13-28/h4,6-9,14-15H,1-3,5,10-13H2,(H2,25,29)(H2,26,27,30). The first-order valence-electron chi connectivity index (χ1n) is 10.5. The molecule has 158 valence electrons. The fourth-order valence-electron chi connectivity index (χ4n) is 4.37. The van der Waals surface area contributed by atoms with E-state index in [1.165, 1.54) is 6.42 Å². The molecule has 2 aliphatic rings. The molecule has 7 heteroatoms. The number of benzene rings is 2. The quantitative estimate of drug-likeness (QED) is 0.589. The van der Waals surface area contributed by atoms with Crippen molar-refractivity contribution in [3.63, 3.8) is 0 Å². The number of hydrogen-bond donors (Lipinski definition) is 3. The highest BCUT2D eigenvalue weighted by atomic mass is 79.9. The minimum atomic E-state index is -0.506. The second-order valence-electron chi connectivity index (χ2n) is 8.17. The molecule has 4 rings (SSSR count). The molecular formula is C23H27BrN4O2. The van der Waals surface area contributed by atoms with Gasteiger partial charge in [-0.2, -0.15) is 0 Å². The number of carbonyl (C=O) groups is 2. The number of rotatable bonds is 5. The highest BCUT2D eigenvalue weighted by Gasteiger charge is 2.40. The van der Waals surface area contributed by atoms with Crippen molar-refractivity contribution in [1.29, 1.82) is 0 Å². The summed E-state index contributed by atoms with van der Waals surface area (Å²) in [5, 5.41) is 6.20. The maximum Gasteiger partial charge on any atom is 0.319 e. The summed E-state index contributed by atoms with van der Waals surface area (Å²) in [5.74, 6) is -0.506. The number of nitrogens with zero attached hydrogens (tertiary/aromatic N) is 1. The van der Waals surface area contributed by atoms with Gasteiger partial charge >= 0.3 is 6.03 Å². The van der Waals surface area contributed by atoms with E-state index < -0.39 is 5.91 Å². The second-order valence-corrected chi connectivity index (χ2v) is 9.08. The SMILES string of the molecule is NC(=O)c1ccc(N2CCCCC2)c(NC(=O)NC2(c3cccc(Br)c3)CCC2)c1. The van der Waals surface area contributed by atoms with Crippen LogP contribution in [0.3, 0.4) is 0 Å². The zero-order valence-electron chi connectivity index (χ0n) is 16.9. The molecule has 4 N–H and O–H groups in total. The lowest BCUT2D eigenvalue weighted by Crippen LogP contribution is -2.52. The molecule has 0 atom stereocenters. The monoisotopic (exact) mass is 470 g/mol. The summed E-state index contributed by atoms with van der Waals surface area (Å²) in [6.45, 7) is 1.88. The Balaban J connectivity index is 1.57. The number of nitrogens with two attached hydrogens (primary N) is 1. The number of hydrogen-bond acceptors (Lipinski definition) is 3. The van der Waals surface area contributed by atoms with Crippen molar-refractivity contribution in [2.75, 3.05) is 23.3 Å². The molecule has 30 heavy (non-hydrogen) atoms. The molecule has 0 radical (unpaired) electrons. The third-order valence-corrected chi connectivity index (χ3v) is 6.66. The van der Waals surface area contributed by atoms with Crippen molar-refractivity contribution in [3.05, 3.63) is 58.1 Å². The van der Waals surface area contributed by atoms with E-state index in [0.29, 0.717) is 11.3 Å². The largest absolute Gasteiger partial charge is 0.370 e. The van der Waals surface area contributed by atoms with E-state index >= 15 is 0 Å². The average Bonchev–Trinajstić information content (AvgIpc) is 2.71. The first-order chi connectivity index (χ1) is 14.5. The molecule has 6 nitrogen and oxygen atoms in total. The summed E-state index contributed by atoms with van der Waals surface area (Å²) in [4.78, 5) is 27.0. The molecule has 1 aliphatic heterocycles. The Morgan fingerprint density at radius 3 is 2.40 bits per heavy atom. The van der Waals surface area contributed by atoms with Gasteiger partial charge in [0, 0.05) is 23.1 Å². The molecule has 0 aromatic heterocycles. The minimum absolute atomic E-state index is 0.269. The number of nitrogens with one attached hydrogen (secondary N) is 2. The van der Waals surface area contributed by atoms with Crippen LogP contribution in [0, 0.1) is 0 Å². The van der Waals surface area contributed by atoms with Crippen LogP contribution >= 0.6 is 15.9 Å². The van der Waals surface area contributed by atoms with Gasteiger partial charge in [-0.3, -0.25) is 4.79 Å². The van der Waals surface area contributed by atoms with Gasteiger partial charge in [-0.1, -0.05) is 28.1 Å². The number of primary amides is 1. The molecule has 0 unspecified atom stereocenters. The second kappa shape index (κ2) is 8.68. The smallest absolute Gasteiger partial charge is 0.319 e. The van der Waals surface area contributed by atoms with E-state index in [2.05, 4.69) is 43.6 Å². The third-order valence-electron chi connectivity index (χ3n) is 6.16. The van der Waals surface area contributed by atoms with Crippen molar-refractivity contribution in [3.8, 4) is 0 Å². The molecule has 1 heterocycles. The number of piperidine rings is 1. The molecule has 2 fully saturated rings. The van der Waals surface area contributed by atoms with Crippen LogP contribution < -0.4 is 21.3 Å². The zero-order valence-corrected chi connectivity index (χ0v) is 18.5. The van der Waals surface area contributed by atoms with Gasteiger partial charge in [0.05, 0.1) is 16.9 Å². The van der Waals surface area contributed by atoms with Gasteiger partial charge in [0.2, 0.25) is 5.91 Å². The van der Waals surface area contributed by atoms with Crippen LogP contribution in [-0.2, 0) is 5.54 Å². The molecule has 0 bridgehead atoms. The van der Waals surface area contributed by atoms with Crippen molar-refractivity contribution in [2.45, 2.75) is 44.1 Å². The lowest BCUT2D eigenvalue weighted by Gasteiger charge is -2.43. The Morgan fingerprint density at radius 1 is 1.00 bits per heavy atom. The third kappa shape index (κ3) is 4.31. The first kappa shape index (κ1) is 20.7. The molecular weight excluding hydrogens is 444 g/mol. The Kier molecular flexibility index (Phi) is 5.99. The fraction of sp³-hybridized carbons (Fsp3) is 0.391.